The topological polar surface area (TPSA) is 111 Å². The van der Waals surface area contributed by atoms with Gasteiger partial charge < -0.3 is 15.7 Å². The van der Waals surface area contributed by atoms with Crippen molar-refractivity contribution in [3.8, 4) is 5.75 Å². The molecule has 0 saturated carbocycles. The highest BCUT2D eigenvalue weighted by Crippen LogP contribution is 2.24. The molecule has 17 heavy (non-hydrogen) atoms. The van der Waals surface area contributed by atoms with Crippen LogP contribution in [0, 0.1) is 10.1 Å². The first-order valence-electron chi connectivity index (χ1n) is 4.88. The lowest BCUT2D eigenvalue weighted by Crippen LogP contribution is -2.17. The molecule has 0 aliphatic heterocycles. The second-order valence-corrected chi connectivity index (χ2v) is 3.59. The molecule has 1 aromatic carbocycles. The molecule has 0 aliphatic carbocycles. The van der Waals surface area contributed by atoms with Gasteiger partial charge in [-0.25, -0.2) is 0 Å². The number of ether oxygens (including phenoxy) is 1. The number of benzene rings is 1. The van der Waals surface area contributed by atoms with Gasteiger partial charge in [0, 0.05) is 12.1 Å². The third-order valence-electron chi connectivity index (χ3n) is 1.92. The Balaban J connectivity index is 3.26. The van der Waals surface area contributed by atoms with Crippen molar-refractivity contribution < 1.29 is 14.9 Å². The van der Waals surface area contributed by atoms with Gasteiger partial charge in [-0.1, -0.05) is 5.16 Å². The lowest BCUT2D eigenvalue weighted by atomic mass is 10.1. The van der Waals surface area contributed by atoms with Gasteiger partial charge in [0.05, 0.1) is 16.6 Å². The number of hydrogen-bond acceptors (Lipinski definition) is 5. The number of oxime groups is 1. The summed E-state index contributed by atoms with van der Waals surface area (Å²) in [5, 5.41) is 22.1. The van der Waals surface area contributed by atoms with Gasteiger partial charge in [0.15, 0.2) is 5.84 Å². The number of nitro groups is 1. The van der Waals surface area contributed by atoms with Crippen LogP contribution in [0.15, 0.2) is 23.4 Å². The third-order valence-corrected chi connectivity index (χ3v) is 1.92. The number of amidine groups is 1. The van der Waals surface area contributed by atoms with Crippen LogP contribution in [-0.2, 0) is 0 Å². The van der Waals surface area contributed by atoms with Crippen LogP contribution in [0.2, 0.25) is 0 Å². The average molecular weight is 239 g/mol. The van der Waals surface area contributed by atoms with Gasteiger partial charge in [0.2, 0.25) is 0 Å². The zero-order valence-corrected chi connectivity index (χ0v) is 9.45. The number of nitrogens with two attached hydrogens (primary N) is 1. The molecule has 0 saturated heterocycles. The molecule has 1 aromatic rings. The SMILES string of the molecule is CC(C)Oc1ccc([N+](=O)[O-])cc1C(N)=NO. The van der Waals surface area contributed by atoms with Crippen LogP contribution < -0.4 is 10.5 Å². The summed E-state index contributed by atoms with van der Waals surface area (Å²) in [6.45, 7) is 3.61. The van der Waals surface area contributed by atoms with Crippen LogP contribution in [0.3, 0.4) is 0 Å². The molecule has 0 aromatic heterocycles. The average Bonchev–Trinajstić information content (AvgIpc) is 2.27. The molecule has 0 radical (unpaired) electrons. The molecule has 0 amide bonds. The predicted octanol–water partition coefficient (Wildman–Crippen LogP) is 1.48. The van der Waals surface area contributed by atoms with Crippen molar-refractivity contribution >= 4 is 11.5 Å². The van der Waals surface area contributed by atoms with E-state index in [-0.39, 0.29) is 23.2 Å². The lowest BCUT2D eigenvalue weighted by Gasteiger charge is -2.13. The summed E-state index contributed by atoms with van der Waals surface area (Å²) in [5.41, 5.74) is 5.48. The molecule has 0 spiro atoms. The van der Waals surface area contributed by atoms with Gasteiger partial charge in [-0.2, -0.15) is 0 Å². The Kier molecular flexibility index (Phi) is 3.86. The molecule has 7 heteroatoms. The standard InChI is InChI=1S/C10H13N3O4/c1-6(2)17-9-4-3-7(13(15)16)5-8(9)10(11)12-14/h3-6,14H,1-2H3,(H2,11,12). The van der Waals surface area contributed by atoms with E-state index in [0.717, 1.165) is 0 Å². The van der Waals surface area contributed by atoms with Crippen LogP contribution in [0.4, 0.5) is 5.69 Å². The third kappa shape index (κ3) is 3.07. The molecule has 0 atom stereocenters. The summed E-state index contributed by atoms with van der Waals surface area (Å²) in [5.74, 6) is 0.102. The summed E-state index contributed by atoms with van der Waals surface area (Å²) in [7, 11) is 0. The highest BCUT2D eigenvalue weighted by molar-refractivity contribution is 6.00. The molecule has 1 rings (SSSR count). The highest BCUT2D eigenvalue weighted by Gasteiger charge is 2.15. The van der Waals surface area contributed by atoms with E-state index >= 15 is 0 Å². The number of nitrogens with zero attached hydrogens (tertiary/aromatic N) is 2. The number of rotatable bonds is 4. The first-order valence-corrected chi connectivity index (χ1v) is 4.88. The quantitative estimate of drug-likeness (QED) is 0.272. The Bertz CT molecular complexity index is 457. The second kappa shape index (κ2) is 5.15. The minimum absolute atomic E-state index is 0.123. The summed E-state index contributed by atoms with van der Waals surface area (Å²) < 4.78 is 5.41. The minimum Gasteiger partial charge on any atom is -0.490 e. The fourth-order valence-corrected chi connectivity index (χ4v) is 1.24. The second-order valence-electron chi connectivity index (χ2n) is 3.59. The molecule has 0 fully saturated rings. The zero-order chi connectivity index (χ0) is 13.0. The number of non-ortho nitro benzene ring substituents is 1. The number of nitro benzene ring substituents is 1. The van der Waals surface area contributed by atoms with Gasteiger partial charge in [-0.3, -0.25) is 10.1 Å². The van der Waals surface area contributed by atoms with Crippen molar-refractivity contribution in [1.29, 1.82) is 0 Å². The van der Waals surface area contributed by atoms with Crippen LogP contribution >= 0.6 is 0 Å². The Labute approximate surface area is 97.6 Å². The Morgan fingerprint density at radius 1 is 1.59 bits per heavy atom. The maximum atomic E-state index is 10.6. The van der Waals surface area contributed by atoms with E-state index in [1.807, 2.05) is 0 Å². The van der Waals surface area contributed by atoms with Gasteiger partial charge in [0.1, 0.15) is 5.75 Å². The minimum atomic E-state index is -0.562. The molecule has 0 heterocycles. The monoisotopic (exact) mass is 239 g/mol. The molecular formula is C10H13N3O4. The summed E-state index contributed by atoms with van der Waals surface area (Å²) in [4.78, 5) is 10.1. The van der Waals surface area contributed by atoms with Crippen molar-refractivity contribution in [1.82, 2.24) is 0 Å². The summed E-state index contributed by atoms with van der Waals surface area (Å²) >= 11 is 0. The van der Waals surface area contributed by atoms with E-state index in [2.05, 4.69) is 5.16 Å². The maximum Gasteiger partial charge on any atom is 0.270 e. The fourth-order valence-electron chi connectivity index (χ4n) is 1.24. The molecule has 0 bridgehead atoms. The Hall–Kier alpha value is -2.31. The Morgan fingerprint density at radius 2 is 2.24 bits per heavy atom. The maximum absolute atomic E-state index is 10.6. The van der Waals surface area contributed by atoms with E-state index in [1.54, 1.807) is 13.8 Å². The van der Waals surface area contributed by atoms with Crippen molar-refractivity contribution in [3.63, 3.8) is 0 Å². The molecule has 0 aliphatic rings. The van der Waals surface area contributed by atoms with Crippen molar-refractivity contribution in [2.24, 2.45) is 10.9 Å². The van der Waals surface area contributed by atoms with Crippen LogP contribution in [0.1, 0.15) is 19.4 Å². The summed E-state index contributed by atoms with van der Waals surface area (Å²) in [6, 6.07) is 3.92. The largest absolute Gasteiger partial charge is 0.490 e. The van der Waals surface area contributed by atoms with E-state index in [0.29, 0.717) is 5.75 Å². The van der Waals surface area contributed by atoms with E-state index < -0.39 is 4.92 Å². The van der Waals surface area contributed by atoms with E-state index in [9.17, 15) is 10.1 Å². The first kappa shape index (κ1) is 12.8. The van der Waals surface area contributed by atoms with Gasteiger partial charge in [0.25, 0.3) is 5.69 Å². The van der Waals surface area contributed by atoms with Crippen LogP contribution in [0.25, 0.3) is 0 Å². The van der Waals surface area contributed by atoms with Crippen LogP contribution in [0.5, 0.6) is 5.75 Å². The van der Waals surface area contributed by atoms with Gasteiger partial charge in [-0.05, 0) is 19.9 Å². The van der Waals surface area contributed by atoms with Crippen molar-refractivity contribution in [2.45, 2.75) is 20.0 Å². The summed E-state index contributed by atoms with van der Waals surface area (Å²) in [6.07, 6.45) is -0.123. The molecule has 0 unspecified atom stereocenters. The smallest absolute Gasteiger partial charge is 0.270 e. The Morgan fingerprint density at radius 3 is 2.71 bits per heavy atom. The van der Waals surface area contributed by atoms with Crippen molar-refractivity contribution in [2.75, 3.05) is 0 Å². The molecule has 3 N–H and O–H groups in total. The zero-order valence-electron chi connectivity index (χ0n) is 9.45. The van der Waals surface area contributed by atoms with E-state index in [4.69, 9.17) is 15.7 Å². The fraction of sp³-hybridized carbons (Fsp3) is 0.300. The van der Waals surface area contributed by atoms with Gasteiger partial charge in [-0.15, -0.1) is 0 Å². The normalized spacial score (nSPS) is 11.6. The van der Waals surface area contributed by atoms with Gasteiger partial charge >= 0.3 is 0 Å². The van der Waals surface area contributed by atoms with E-state index in [1.165, 1.54) is 18.2 Å². The number of hydrogen-bond donors (Lipinski definition) is 2. The van der Waals surface area contributed by atoms with Crippen LogP contribution in [-0.4, -0.2) is 22.1 Å². The highest BCUT2D eigenvalue weighted by atomic mass is 16.6. The molecule has 92 valence electrons. The lowest BCUT2D eigenvalue weighted by molar-refractivity contribution is -0.384. The first-order chi connectivity index (χ1) is 7.95. The van der Waals surface area contributed by atoms with Crippen molar-refractivity contribution in [3.05, 3.63) is 33.9 Å². The molecule has 7 nitrogen and oxygen atoms in total. The molecular weight excluding hydrogens is 226 g/mol. The predicted molar refractivity (Wildman–Crippen MR) is 61.4 cm³/mol.